The highest BCUT2D eigenvalue weighted by Gasteiger charge is 2.39. The van der Waals surface area contributed by atoms with Gasteiger partial charge in [-0.1, -0.05) is 36.4 Å². The SMILES string of the molecule is OB(O)c1ccccc1-c1ccc(-c2cc(C(F)(F)F)cc(C(F)(F)F)c2)c(C(F)(F)F)c1. The maximum Gasteiger partial charge on any atom is 0.489 e. The first-order chi connectivity index (χ1) is 15.1. The van der Waals surface area contributed by atoms with E-state index in [2.05, 4.69) is 0 Å². The molecule has 0 saturated carbocycles. The first-order valence-electron chi connectivity index (χ1n) is 9.05. The van der Waals surface area contributed by atoms with Crippen molar-refractivity contribution in [1.82, 2.24) is 0 Å². The molecule has 0 saturated heterocycles. The van der Waals surface area contributed by atoms with Gasteiger partial charge >= 0.3 is 25.6 Å². The maximum absolute atomic E-state index is 13.8. The highest BCUT2D eigenvalue weighted by atomic mass is 19.4. The number of hydrogen-bond donors (Lipinski definition) is 2. The van der Waals surface area contributed by atoms with Crippen molar-refractivity contribution in [3.05, 3.63) is 77.4 Å². The van der Waals surface area contributed by atoms with Gasteiger partial charge < -0.3 is 10.0 Å². The molecule has 0 aliphatic rings. The molecular formula is C21H12BF9O2. The summed E-state index contributed by atoms with van der Waals surface area (Å²) in [5, 5.41) is 18.9. The molecule has 0 heterocycles. The van der Waals surface area contributed by atoms with Gasteiger partial charge in [-0.2, -0.15) is 39.5 Å². The van der Waals surface area contributed by atoms with Crippen LogP contribution in [0.3, 0.4) is 0 Å². The third-order valence-corrected chi connectivity index (χ3v) is 4.77. The highest BCUT2D eigenvalue weighted by molar-refractivity contribution is 6.60. The Hall–Kier alpha value is -2.99. The van der Waals surface area contributed by atoms with E-state index in [4.69, 9.17) is 0 Å². The second kappa shape index (κ2) is 8.42. The molecule has 0 bridgehead atoms. The lowest BCUT2D eigenvalue weighted by molar-refractivity contribution is -0.143. The summed E-state index contributed by atoms with van der Waals surface area (Å²) < 4.78 is 120. The van der Waals surface area contributed by atoms with Crippen molar-refractivity contribution in [2.75, 3.05) is 0 Å². The summed E-state index contributed by atoms with van der Waals surface area (Å²) in [6.45, 7) is 0. The molecule has 0 aromatic heterocycles. The van der Waals surface area contributed by atoms with Crippen LogP contribution in [0.5, 0.6) is 0 Å². The van der Waals surface area contributed by atoms with Gasteiger partial charge in [0.1, 0.15) is 0 Å². The standard InChI is InChI=1S/C21H12BF9O2/c23-19(24,25)13-7-12(8-14(10-13)20(26,27)28)15-6-5-11(9-17(15)21(29,30)31)16-3-1-2-4-18(16)22(32)33/h1-10,32-33H. The minimum atomic E-state index is -5.23. The first-order valence-corrected chi connectivity index (χ1v) is 9.05. The monoisotopic (exact) mass is 478 g/mol. The van der Waals surface area contributed by atoms with Crippen LogP contribution in [-0.2, 0) is 18.5 Å². The van der Waals surface area contributed by atoms with E-state index in [1.54, 1.807) is 0 Å². The largest absolute Gasteiger partial charge is 0.489 e. The average molecular weight is 478 g/mol. The Labute approximate surface area is 181 Å². The van der Waals surface area contributed by atoms with Crippen LogP contribution < -0.4 is 5.46 Å². The summed E-state index contributed by atoms with van der Waals surface area (Å²) in [5.74, 6) is 0. The molecular weight excluding hydrogens is 466 g/mol. The number of hydrogen-bond acceptors (Lipinski definition) is 2. The van der Waals surface area contributed by atoms with E-state index in [-0.39, 0.29) is 34.8 Å². The van der Waals surface area contributed by atoms with Crippen LogP contribution in [0.15, 0.2) is 60.7 Å². The van der Waals surface area contributed by atoms with Gasteiger partial charge in [-0.25, -0.2) is 0 Å². The zero-order valence-electron chi connectivity index (χ0n) is 16.1. The van der Waals surface area contributed by atoms with Crippen molar-refractivity contribution in [2.45, 2.75) is 18.5 Å². The van der Waals surface area contributed by atoms with Gasteiger partial charge in [0.2, 0.25) is 0 Å². The molecule has 2 N–H and O–H groups in total. The van der Waals surface area contributed by atoms with Gasteiger partial charge in [0.05, 0.1) is 16.7 Å². The van der Waals surface area contributed by atoms with E-state index in [9.17, 15) is 49.6 Å². The molecule has 12 heteroatoms. The molecule has 0 unspecified atom stereocenters. The molecule has 0 spiro atoms. The zero-order chi connectivity index (χ0) is 24.8. The molecule has 0 fully saturated rings. The lowest BCUT2D eigenvalue weighted by atomic mass is 9.75. The third-order valence-electron chi connectivity index (χ3n) is 4.77. The summed E-state index contributed by atoms with van der Waals surface area (Å²) in [6.07, 6.45) is -15.6. The fourth-order valence-electron chi connectivity index (χ4n) is 3.29. The van der Waals surface area contributed by atoms with E-state index >= 15 is 0 Å². The molecule has 0 atom stereocenters. The Morgan fingerprint density at radius 2 is 1.09 bits per heavy atom. The van der Waals surface area contributed by atoms with Crippen LogP contribution in [0.2, 0.25) is 0 Å². The van der Waals surface area contributed by atoms with Crippen molar-refractivity contribution in [3.8, 4) is 22.3 Å². The van der Waals surface area contributed by atoms with Gasteiger partial charge in [-0.05, 0) is 52.0 Å². The van der Waals surface area contributed by atoms with E-state index in [1.807, 2.05) is 0 Å². The van der Waals surface area contributed by atoms with Gasteiger partial charge in [-0.3, -0.25) is 0 Å². The molecule has 0 aliphatic carbocycles. The smallest absolute Gasteiger partial charge is 0.423 e. The van der Waals surface area contributed by atoms with E-state index < -0.39 is 53.5 Å². The second-order valence-corrected chi connectivity index (χ2v) is 7.01. The predicted molar refractivity (Wildman–Crippen MR) is 102 cm³/mol. The Kier molecular flexibility index (Phi) is 6.29. The Morgan fingerprint density at radius 1 is 0.545 bits per heavy atom. The van der Waals surface area contributed by atoms with Crippen LogP contribution in [0.4, 0.5) is 39.5 Å². The Balaban J connectivity index is 2.29. The molecule has 0 radical (unpaired) electrons. The fraction of sp³-hybridized carbons (Fsp3) is 0.143. The summed E-state index contributed by atoms with van der Waals surface area (Å²) in [7, 11) is -2.03. The Bertz CT molecular complexity index is 1130. The van der Waals surface area contributed by atoms with Crippen LogP contribution in [0.25, 0.3) is 22.3 Å². The predicted octanol–water partition coefficient (Wildman–Crippen LogP) is 5.76. The molecule has 2 nitrogen and oxygen atoms in total. The van der Waals surface area contributed by atoms with Crippen molar-refractivity contribution < 1.29 is 49.6 Å². The van der Waals surface area contributed by atoms with Crippen molar-refractivity contribution in [3.63, 3.8) is 0 Å². The average Bonchev–Trinajstić information content (AvgIpc) is 2.71. The summed E-state index contributed by atoms with van der Waals surface area (Å²) in [6, 6.07) is 7.90. The van der Waals surface area contributed by atoms with Gasteiger partial charge in [0.25, 0.3) is 0 Å². The van der Waals surface area contributed by atoms with E-state index in [0.29, 0.717) is 6.07 Å². The van der Waals surface area contributed by atoms with Crippen LogP contribution >= 0.6 is 0 Å². The summed E-state index contributed by atoms with van der Waals surface area (Å²) in [4.78, 5) is 0. The minimum Gasteiger partial charge on any atom is -0.423 e. The van der Waals surface area contributed by atoms with E-state index in [0.717, 1.165) is 12.1 Å². The molecule has 3 rings (SSSR count). The number of halogens is 9. The third kappa shape index (κ3) is 5.33. The quantitative estimate of drug-likeness (QED) is 0.372. The number of rotatable bonds is 3. The topological polar surface area (TPSA) is 40.5 Å². The molecule has 3 aromatic carbocycles. The van der Waals surface area contributed by atoms with Gasteiger partial charge in [-0.15, -0.1) is 0 Å². The van der Waals surface area contributed by atoms with Crippen LogP contribution in [-0.4, -0.2) is 17.2 Å². The normalized spacial score (nSPS) is 12.7. The van der Waals surface area contributed by atoms with Crippen molar-refractivity contribution in [1.29, 1.82) is 0 Å². The van der Waals surface area contributed by atoms with Crippen molar-refractivity contribution >= 4 is 12.6 Å². The number of alkyl halides is 9. The van der Waals surface area contributed by atoms with Gasteiger partial charge in [0.15, 0.2) is 0 Å². The first kappa shape index (κ1) is 24.7. The maximum atomic E-state index is 13.8. The Morgan fingerprint density at radius 3 is 1.58 bits per heavy atom. The van der Waals surface area contributed by atoms with Crippen LogP contribution in [0.1, 0.15) is 16.7 Å². The number of benzene rings is 3. The molecule has 0 amide bonds. The minimum absolute atomic E-state index is 0.00965. The molecule has 0 aliphatic heterocycles. The fourth-order valence-corrected chi connectivity index (χ4v) is 3.29. The zero-order valence-corrected chi connectivity index (χ0v) is 16.1. The second-order valence-electron chi connectivity index (χ2n) is 7.01. The van der Waals surface area contributed by atoms with Gasteiger partial charge in [0, 0.05) is 0 Å². The molecule has 3 aromatic rings. The lowest BCUT2D eigenvalue weighted by Crippen LogP contribution is -2.31. The molecule has 174 valence electrons. The molecule has 33 heavy (non-hydrogen) atoms. The van der Waals surface area contributed by atoms with E-state index in [1.165, 1.54) is 24.3 Å². The lowest BCUT2D eigenvalue weighted by Gasteiger charge is -2.19. The van der Waals surface area contributed by atoms with Crippen LogP contribution in [0, 0.1) is 0 Å². The highest BCUT2D eigenvalue weighted by Crippen LogP contribution is 2.43. The summed E-state index contributed by atoms with van der Waals surface area (Å²) >= 11 is 0. The van der Waals surface area contributed by atoms with Crippen molar-refractivity contribution in [2.24, 2.45) is 0 Å². The summed E-state index contributed by atoms with van der Waals surface area (Å²) in [5.41, 5.74) is -7.14.